The fourth-order valence-corrected chi connectivity index (χ4v) is 9.69. The van der Waals surface area contributed by atoms with Crippen molar-refractivity contribution < 1.29 is 21.1 Å². The van der Waals surface area contributed by atoms with Gasteiger partial charge in [-0.3, -0.25) is 9.97 Å². The average molecular weight is 806 g/mol. The van der Waals surface area contributed by atoms with Gasteiger partial charge in [-0.2, -0.15) is 0 Å². The van der Waals surface area contributed by atoms with Crippen LogP contribution in [-0.4, -0.2) is 20.2 Å². The quantitative estimate of drug-likeness (QED) is 0.177. The summed E-state index contributed by atoms with van der Waals surface area (Å²) < 4.78 is 0. The molecule has 0 spiro atoms. The fourth-order valence-electron chi connectivity index (χ4n) is 9.69. The van der Waals surface area contributed by atoms with E-state index < -0.39 is 0 Å². The van der Waals surface area contributed by atoms with Gasteiger partial charge >= 0.3 is 21.1 Å². The van der Waals surface area contributed by atoms with Gasteiger partial charge in [0.1, 0.15) is 0 Å². The maximum atomic E-state index is 5.34. The second-order valence-corrected chi connectivity index (χ2v) is 17.0. The Kier molecular flexibility index (Phi) is 7.21. The molecule has 4 unspecified atom stereocenters. The topological polar surface area (TPSA) is 79.8 Å². The SMILES string of the molecule is CC(C)(C)c1ccncc1.CC12CCC(c3c1n[n-]c3-c1cc3ccccc3c(-c3[n-]nc4c3C3CCC4(C)C3(C)C)n1)C2(C)C.[Pt+2]. The summed E-state index contributed by atoms with van der Waals surface area (Å²) in [5.41, 5.74) is 11.1. The second-order valence-electron chi connectivity index (χ2n) is 17.0. The van der Waals surface area contributed by atoms with E-state index in [1.165, 1.54) is 59.1 Å². The van der Waals surface area contributed by atoms with Crippen molar-refractivity contribution in [1.29, 1.82) is 0 Å². The Morgan fingerprint density at radius 3 is 1.81 bits per heavy atom. The fraction of sp³-hybridized carbons (Fsp3) is 0.500. The van der Waals surface area contributed by atoms with Gasteiger partial charge in [0.25, 0.3) is 0 Å². The molecule has 0 saturated heterocycles. The monoisotopic (exact) mass is 805 g/mol. The molecule has 4 atom stereocenters. The standard InChI is InChI=1S/C31H33N5.C9H13N.Pt/c1-28(2)18-11-13-30(28,5)26-21(18)24(33-35-26)20-15-16-9-7-8-10-17(16)23(32-20)25-22-19-12-14-31(6,29(19,3)4)27(22)36-34-25;1-9(2,3)8-4-6-10-7-5-8;/h7-10,15,18-19H,11-14H2,1-6H3;4-7H,1-3H3;/q-2;;+2. The molecule has 6 nitrogen and oxygen atoms in total. The minimum atomic E-state index is 0. The van der Waals surface area contributed by atoms with Crippen molar-refractivity contribution in [3.63, 3.8) is 0 Å². The van der Waals surface area contributed by atoms with Gasteiger partial charge in [-0.1, -0.05) is 98.0 Å². The summed E-state index contributed by atoms with van der Waals surface area (Å²) in [7, 11) is 0. The van der Waals surface area contributed by atoms with Crippen molar-refractivity contribution in [2.24, 2.45) is 10.8 Å². The normalized spacial score (nSPS) is 27.3. The molecule has 246 valence electrons. The molecular formula is C40H46N6Pt. The third kappa shape index (κ3) is 4.25. The van der Waals surface area contributed by atoms with Crippen LogP contribution in [0.3, 0.4) is 0 Å². The van der Waals surface area contributed by atoms with E-state index in [1.54, 1.807) is 0 Å². The van der Waals surface area contributed by atoms with Crippen molar-refractivity contribution in [1.82, 2.24) is 30.4 Å². The van der Waals surface area contributed by atoms with Crippen molar-refractivity contribution in [3.05, 3.63) is 82.9 Å². The van der Waals surface area contributed by atoms with E-state index in [9.17, 15) is 0 Å². The first kappa shape index (κ1) is 32.4. The molecule has 7 heteroatoms. The third-order valence-corrected chi connectivity index (χ3v) is 13.5. The number of rotatable bonds is 2. The molecule has 4 bridgehead atoms. The van der Waals surface area contributed by atoms with Crippen LogP contribution in [0.4, 0.5) is 0 Å². The van der Waals surface area contributed by atoms with Gasteiger partial charge in [0.05, 0.1) is 11.4 Å². The molecule has 4 aliphatic rings. The predicted octanol–water partition coefficient (Wildman–Crippen LogP) is 9.00. The van der Waals surface area contributed by atoms with Crippen LogP contribution in [0.5, 0.6) is 0 Å². The van der Waals surface area contributed by atoms with Gasteiger partial charge in [-0.05, 0) is 94.0 Å². The van der Waals surface area contributed by atoms with Crippen molar-refractivity contribution >= 4 is 10.8 Å². The van der Waals surface area contributed by atoms with E-state index in [4.69, 9.17) is 25.4 Å². The molecule has 47 heavy (non-hydrogen) atoms. The van der Waals surface area contributed by atoms with Gasteiger partial charge in [0.15, 0.2) is 0 Å². The first-order chi connectivity index (χ1) is 21.7. The maximum absolute atomic E-state index is 5.34. The van der Waals surface area contributed by atoms with E-state index in [2.05, 4.69) is 110 Å². The van der Waals surface area contributed by atoms with Crippen LogP contribution in [0.15, 0.2) is 54.9 Å². The van der Waals surface area contributed by atoms with Crippen LogP contribution < -0.4 is 10.2 Å². The molecule has 1 aromatic carbocycles. The zero-order chi connectivity index (χ0) is 32.4. The van der Waals surface area contributed by atoms with Crippen LogP contribution >= 0.6 is 0 Å². The molecule has 2 saturated carbocycles. The summed E-state index contributed by atoms with van der Waals surface area (Å²) in [6, 6.07) is 14.9. The van der Waals surface area contributed by atoms with E-state index in [0.29, 0.717) is 11.8 Å². The predicted molar refractivity (Wildman–Crippen MR) is 184 cm³/mol. The van der Waals surface area contributed by atoms with Crippen LogP contribution in [0.25, 0.3) is 33.5 Å². The molecule has 9 rings (SSSR count). The summed E-state index contributed by atoms with van der Waals surface area (Å²) in [5.74, 6) is 0.963. The van der Waals surface area contributed by atoms with Crippen LogP contribution in [0.2, 0.25) is 0 Å². The number of fused-ring (bicyclic) bond motifs is 11. The van der Waals surface area contributed by atoms with Crippen molar-refractivity contribution in [2.45, 2.75) is 116 Å². The molecule has 0 aliphatic heterocycles. The number of hydrogen-bond donors (Lipinski definition) is 0. The smallest absolute Gasteiger partial charge is 0.573 e. The molecule has 0 amide bonds. The van der Waals surface area contributed by atoms with Crippen molar-refractivity contribution in [3.8, 4) is 22.8 Å². The molecular weight excluding hydrogens is 760 g/mol. The Morgan fingerprint density at radius 1 is 0.723 bits per heavy atom. The van der Waals surface area contributed by atoms with Gasteiger partial charge in [-0.25, -0.2) is 0 Å². The Balaban J connectivity index is 0.000000277. The zero-order valence-corrected chi connectivity index (χ0v) is 31.5. The Morgan fingerprint density at radius 2 is 1.26 bits per heavy atom. The maximum Gasteiger partial charge on any atom is 2.00 e. The third-order valence-electron chi connectivity index (χ3n) is 13.5. The minimum absolute atomic E-state index is 0. The van der Waals surface area contributed by atoms with Gasteiger partial charge in [0, 0.05) is 40.0 Å². The van der Waals surface area contributed by atoms with Crippen LogP contribution in [0.1, 0.15) is 128 Å². The molecule has 0 N–H and O–H groups in total. The van der Waals surface area contributed by atoms with Gasteiger partial charge in [0.2, 0.25) is 0 Å². The van der Waals surface area contributed by atoms with Crippen LogP contribution in [-0.2, 0) is 37.3 Å². The zero-order valence-electron chi connectivity index (χ0n) is 29.2. The molecule has 0 radical (unpaired) electrons. The summed E-state index contributed by atoms with van der Waals surface area (Å²) in [4.78, 5) is 9.30. The number of hydrogen-bond acceptors (Lipinski definition) is 4. The average Bonchev–Trinajstić information content (AvgIpc) is 3.81. The number of pyridine rings is 2. The minimum Gasteiger partial charge on any atom is -0.573 e. The molecule has 4 heterocycles. The summed E-state index contributed by atoms with van der Waals surface area (Å²) in [6.07, 6.45) is 8.45. The van der Waals surface area contributed by atoms with Crippen LogP contribution in [0, 0.1) is 10.8 Å². The Hall–Kier alpha value is -3.11. The van der Waals surface area contributed by atoms with E-state index in [0.717, 1.165) is 28.2 Å². The Bertz CT molecular complexity index is 2000. The van der Waals surface area contributed by atoms with E-state index in [1.807, 2.05) is 12.4 Å². The first-order valence-corrected chi connectivity index (χ1v) is 17.1. The number of benzene rings is 1. The molecule has 4 aromatic heterocycles. The number of aromatic nitrogens is 6. The van der Waals surface area contributed by atoms with Crippen molar-refractivity contribution in [2.75, 3.05) is 0 Å². The summed E-state index contributed by atoms with van der Waals surface area (Å²) in [6.45, 7) is 21.0. The molecule has 5 aromatic rings. The van der Waals surface area contributed by atoms with Gasteiger partial charge in [-0.15, -0.1) is 0 Å². The van der Waals surface area contributed by atoms with E-state index in [-0.39, 0.29) is 48.1 Å². The largest absolute Gasteiger partial charge is 2.00 e. The second kappa shape index (κ2) is 10.4. The van der Waals surface area contributed by atoms with E-state index >= 15 is 0 Å². The summed E-state index contributed by atoms with van der Waals surface area (Å²) in [5, 5.41) is 21.5. The van der Waals surface area contributed by atoms with Gasteiger partial charge < -0.3 is 20.4 Å². The first-order valence-electron chi connectivity index (χ1n) is 17.1. The molecule has 4 aliphatic carbocycles. The number of nitrogens with zero attached hydrogens (tertiary/aromatic N) is 6. The molecule has 2 fully saturated rings. The Labute approximate surface area is 293 Å². The summed E-state index contributed by atoms with van der Waals surface area (Å²) >= 11 is 0.